The minimum absolute atomic E-state index is 0.184. The number of rotatable bonds is 8. The van der Waals surface area contributed by atoms with Gasteiger partial charge in [0.15, 0.2) is 6.61 Å². The summed E-state index contributed by atoms with van der Waals surface area (Å²) in [5.41, 5.74) is 1.48. The molecule has 0 aliphatic heterocycles. The maximum Gasteiger partial charge on any atom is 0.573 e. The predicted octanol–water partition coefficient (Wildman–Crippen LogP) is 5.91. The Morgan fingerprint density at radius 1 is 1.09 bits per heavy atom. The molecule has 0 spiro atoms. The lowest BCUT2D eigenvalue weighted by atomic mass is 10.2. The Hall–Kier alpha value is -2.79. The van der Waals surface area contributed by atoms with E-state index in [0.29, 0.717) is 26.7 Å². The fourth-order valence-electron chi connectivity index (χ4n) is 2.61. The summed E-state index contributed by atoms with van der Waals surface area (Å²) in [6.45, 7) is 1.83. The second-order valence-electron chi connectivity index (χ2n) is 6.38. The number of carbonyl (C=O) groups is 1. The van der Waals surface area contributed by atoms with Crippen molar-refractivity contribution in [1.29, 1.82) is 0 Å². The zero-order valence-electron chi connectivity index (χ0n) is 16.9. The minimum Gasteiger partial charge on any atom is -0.486 e. The lowest BCUT2D eigenvalue weighted by Gasteiger charge is -2.10. The first-order valence-electron chi connectivity index (χ1n) is 9.09. The van der Waals surface area contributed by atoms with Crippen molar-refractivity contribution in [2.45, 2.75) is 19.9 Å². The van der Waals surface area contributed by atoms with Crippen LogP contribution >= 0.6 is 27.3 Å². The van der Waals surface area contributed by atoms with Crippen LogP contribution in [0.5, 0.6) is 17.2 Å². The van der Waals surface area contributed by atoms with Crippen molar-refractivity contribution in [3.8, 4) is 27.7 Å². The van der Waals surface area contributed by atoms with Gasteiger partial charge in [0, 0.05) is 0 Å². The van der Waals surface area contributed by atoms with Crippen molar-refractivity contribution in [2.24, 2.45) is 0 Å². The molecule has 0 bridgehead atoms. The molecule has 0 fully saturated rings. The molecule has 11 heteroatoms. The van der Waals surface area contributed by atoms with E-state index < -0.39 is 12.3 Å². The van der Waals surface area contributed by atoms with Gasteiger partial charge >= 0.3 is 12.3 Å². The lowest BCUT2D eigenvalue weighted by Crippen LogP contribution is -2.16. The van der Waals surface area contributed by atoms with E-state index in [-0.39, 0.29) is 19.0 Å². The third-order valence-corrected chi connectivity index (χ3v) is 5.98. The van der Waals surface area contributed by atoms with Gasteiger partial charge in [0.25, 0.3) is 0 Å². The summed E-state index contributed by atoms with van der Waals surface area (Å²) in [4.78, 5) is 16.4. The molecule has 0 unspecified atom stereocenters. The Bertz CT molecular complexity index is 1090. The molecule has 2 aromatic carbocycles. The summed E-state index contributed by atoms with van der Waals surface area (Å²) in [7, 11) is 1.29. The van der Waals surface area contributed by atoms with Gasteiger partial charge < -0.3 is 18.9 Å². The fraction of sp³-hybridized carbons (Fsp3) is 0.238. The first kappa shape index (κ1) is 23.9. The number of esters is 1. The third-order valence-electron chi connectivity index (χ3n) is 4.06. The van der Waals surface area contributed by atoms with Gasteiger partial charge in [0.2, 0.25) is 0 Å². The number of nitrogens with zero attached hydrogens (tertiary/aromatic N) is 1. The Morgan fingerprint density at radius 2 is 1.78 bits per heavy atom. The smallest absolute Gasteiger partial charge is 0.486 e. The first-order chi connectivity index (χ1) is 15.1. The van der Waals surface area contributed by atoms with Crippen LogP contribution in [0.3, 0.4) is 0 Å². The standard InChI is InChI=1S/C21H17BrF3NO5S/c1-12-9-15(7-8-16(12)30-11-18(27)28-2)29-10-17-26-20(22)19(32-17)13-3-5-14(6-4-13)31-21(23,24)25/h3-9H,10-11H2,1-2H3. The van der Waals surface area contributed by atoms with Crippen LogP contribution < -0.4 is 14.2 Å². The molecule has 0 aliphatic rings. The molecular weight excluding hydrogens is 515 g/mol. The van der Waals surface area contributed by atoms with Crippen LogP contribution in [0.25, 0.3) is 10.4 Å². The van der Waals surface area contributed by atoms with Crippen molar-refractivity contribution in [2.75, 3.05) is 13.7 Å². The largest absolute Gasteiger partial charge is 0.573 e. The molecule has 0 atom stereocenters. The van der Waals surface area contributed by atoms with Crippen LogP contribution in [0.1, 0.15) is 10.6 Å². The number of methoxy groups -OCH3 is 1. The molecular formula is C21H17BrF3NO5S. The van der Waals surface area contributed by atoms with E-state index in [9.17, 15) is 18.0 Å². The van der Waals surface area contributed by atoms with Crippen LogP contribution in [0.2, 0.25) is 0 Å². The Morgan fingerprint density at radius 3 is 2.41 bits per heavy atom. The third kappa shape index (κ3) is 6.60. The van der Waals surface area contributed by atoms with Crippen LogP contribution in [-0.4, -0.2) is 31.0 Å². The highest BCUT2D eigenvalue weighted by atomic mass is 79.9. The molecule has 6 nitrogen and oxygen atoms in total. The highest BCUT2D eigenvalue weighted by Crippen LogP contribution is 2.36. The molecule has 32 heavy (non-hydrogen) atoms. The van der Waals surface area contributed by atoms with E-state index in [1.807, 2.05) is 6.92 Å². The number of aromatic nitrogens is 1. The van der Waals surface area contributed by atoms with Crippen LogP contribution in [-0.2, 0) is 16.1 Å². The van der Waals surface area contributed by atoms with Gasteiger partial charge in [-0.3, -0.25) is 0 Å². The predicted molar refractivity (Wildman–Crippen MR) is 115 cm³/mol. The summed E-state index contributed by atoms with van der Waals surface area (Å²) < 4.78 is 57.1. The second kappa shape index (κ2) is 10.2. The normalized spacial score (nSPS) is 11.2. The highest BCUT2D eigenvalue weighted by Gasteiger charge is 2.31. The van der Waals surface area contributed by atoms with Gasteiger partial charge in [-0.1, -0.05) is 0 Å². The average molecular weight is 532 g/mol. The Labute approximate surface area is 194 Å². The van der Waals surface area contributed by atoms with E-state index in [1.54, 1.807) is 18.2 Å². The van der Waals surface area contributed by atoms with Crippen molar-refractivity contribution in [3.63, 3.8) is 0 Å². The number of hydrogen-bond acceptors (Lipinski definition) is 7. The zero-order valence-corrected chi connectivity index (χ0v) is 19.3. The minimum atomic E-state index is -4.73. The number of halogens is 4. The first-order valence-corrected chi connectivity index (χ1v) is 10.7. The van der Waals surface area contributed by atoms with Gasteiger partial charge in [0.1, 0.15) is 33.5 Å². The number of thiazole rings is 1. The number of ether oxygens (including phenoxy) is 4. The Balaban J connectivity index is 1.63. The molecule has 1 aromatic heterocycles. The van der Waals surface area contributed by atoms with Crippen molar-refractivity contribution in [3.05, 3.63) is 57.6 Å². The van der Waals surface area contributed by atoms with Crippen molar-refractivity contribution in [1.82, 2.24) is 4.98 Å². The number of carbonyl (C=O) groups excluding carboxylic acids is 1. The SMILES string of the molecule is COC(=O)COc1ccc(OCc2nc(Br)c(-c3ccc(OC(F)(F)F)cc3)s2)cc1C. The van der Waals surface area contributed by atoms with Gasteiger partial charge in [-0.2, -0.15) is 0 Å². The number of hydrogen-bond donors (Lipinski definition) is 0. The molecule has 0 saturated heterocycles. The maximum absolute atomic E-state index is 12.3. The topological polar surface area (TPSA) is 66.9 Å². The Kier molecular flexibility index (Phi) is 7.62. The molecule has 0 saturated carbocycles. The van der Waals surface area contributed by atoms with Crippen LogP contribution in [0.15, 0.2) is 47.1 Å². The molecule has 1 heterocycles. The number of aryl methyl sites for hydroxylation is 1. The quantitative estimate of drug-likeness (QED) is 0.336. The maximum atomic E-state index is 12.3. The molecule has 3 aromatic rings. The zero-order chi connectivity index (χ0) is 23.3. The van der Waals surface area contributed by atoms with Crippen molar-refractivity contribution < 1.29 is 36.9 Å². The monoisotopic (exact) mass is 531 g/mol. The number of alkyl halides is 3. The fourth-order valence-corrected chi connectivity index (χ4v) is 4.28. The average Bonchev–Trinajstić information content (AvgIpc) is 3.11. The molecule has 0 N–H and O–H groups in total. The van der Waals surface area contributed by atoms with Crippen molar-refractivity contribution >= 4 is 33.2 Å². The van der Waals surface area contributed by atoms with Crippen LogP contribution in [0.4, 0.5) is 13.2 Å². The summed E-state index contributed by atoms with van der Waals surface area (Å²) in [5.74, 6) is 0.367. The number of benzene rings is 2. The summed E-state index contributed by atoms with van der Waals surface area (Å²) in [6.07, 6.45) is -4.73. The molecule has 3 rings (SSSR count). The van der Waals surface area contributed by atoms with E-state index in [4.69, 9.17) is 9.47 Å². The van der Waals surface area contributed by atoms with Gasteiger partial charge in [-0.05, 0) is 76.4 Å². The highest BCUT2D eigenvalue weighted by molar-refractivity contribution is 9.10. The van der Waals surface area contributed by atoms with E-state index in [1.165, 1.54) is 42.7 Å². The molecule has 0 radical (unpaired) electrons. The summed E-state index contributed by atoms with van der Waals surface area (Å²) in [5, 5.41) is 0.672. The molecule has 170 valence electrons. The second-order valence-corrected chi connectivity index (χ2v) is 8.22. The van der Waals surface area contributed by atoms with E-state index in [0.717, 1.165) is 10.4 Å². The molecule has 0 amide bonds. The van der Waals surface area contributed by atoms with Gasteiger partial charge in [0.05, 0.1) is 12.0 Å². The van der Waals surface area contributed by atoms with Gasteiger partial charge in [-0.25, -0.2) is 9.78 Å². The van der Waals surface area contributed by atoms with E-state index in [2.05, 4.69) is 30.4 Å². The van der Waals surface area contributed by atoms with Gasteiger partial charge in [-0.15, -0.1) is 24.5 Å². The molecule has 0 aliphatic carbocycles. The summed E-state index contributed by atoms with van der Waals surface area (Å²) >= 11 is 4.73. The summed E-state index contributed by atoms with van der Waals surface area (Å²) in [6, 6.07) is 10.7. The lowest BCUT2D eigenvalue weighted by molar-refractivity contribution is -0.274. The van der Waals surface area contributed by atoms with E-state index >= 15 is 0 Å². The van der Waals surface area contributed by atoms with Crippen LogP contribution in [0, 0.1) is 6.92 Å².